The van der Waals surface area contributed by atoms with Gasteiger partial charge < -0.3 is 15.1 Å². The van der Waals surface area contributed by atoms with Gasteiger partial charge in [-0.05, 0) is 98.6 Å². The highest BCUT2D eigenvalue weighted by Crippen LogP contribution is 2.43. The van der Waals surface area contributed by atoms with Gasteiger partial charge >= 0.3 is 5.97 Å². The van der Waals surface area contributed by atoms with Crippen molar-refractivity contribution < 1.29 is 19.8 Å². The monoisotopic (exact) mass is 551 g/mol. The van der Waals surface area contributed by atoms with Crippen LogP contribution in [0, 0.1) is 25.2 Å². The van der Waals surface area contributed by atoms with Crippen LogP contribution in [0.2, 0.25) is 0 Å². The molecule has 0 saturated heterocycles. The summed E-state index contributed by atoms with van der Waals surface area (Å²) in [7, 11) is 1.54. The van der Waals surface area contributed by atoms with Crippen molar-refractivity contribution in [3.8, 4) is 0 Å². The first-order chi connectivity index (χ1) is 18.3. The zero-order chi connectivity index (χ0) is 30.8. The lowest BCUT2D eigenvalue weighted by molar-refractivity contribution is -0.147. The van der Waals surface area contributed by atoms with Crippen LogP contribution in [0.1, 0.15) is 120 Å². The zero-order valence-electron chi connectivity index (χ0n) is 27.0. The van der Waals surface area contributed by atoms with Gasteiger partial charge in [0, 0.05) is 18.0 Å². The molecule has 0 aliphatic rings. The van der Waals surface area contributed by atoms with Crippen molar-refractivity contribution in [1.82, 2.24) is 4.90 Å². The first-order valence-electron chi connectivity index (χ1n) is 14.8. The smallest absolute Gasteiger partial charge is 0.329 e. The molecule has 0 bridgehead atoms. The average Bonchev–Trinajstić information content (AvgIpc) is 2.88. The summed E-state index contributed by atoms with van der Waals surface area (Å²) in [6.07, 6.45) is 3.33. The molecule has 0 fully saturated rings. The van der Waals surface area contributed by atoms with Gasteiger partial charge in [0.05, 0.1) is 5.60 Å². The van der Waals surface area contributed by atoms with Crippen molar-refractivity contribution in [2.45, 2.75) is 118 Å². The molecule has 40 heavy (non-hydrogen) atoms. The van der Waals surface area contributed by atoms with Gasteiger partial charge in [-0.1, -0.05) is 78.8 Å². The summed E-state index contributed by atoms with van der Waals surface area (Å²) in [5.74, 6) is -1.23. The highest BCUT2D eigenvalue weighted by Gasteiger charge is 2.43. The maximum Gasteiger partial charge on any atom is 0.329 e. The van der Waals surface area contributed by atoms with Crippen LogP contribution in [-0.4, -0.2) is 45.2 Å². The summed E-state index contributed by atoms with van der Waals surface area (Å²) < 4.78 is 0. The Hall–Kier alpha value is -2.66. The molecule has 1 amide bonds. The molecule has 0 heterocycles. The van der Waals surface area contributed by atoms with Crippen LogP contribution in [0.3, 0.4) is 0 Å². The van der Waals surface area contributed by atoms with Crippen LogP contribution in [0.15, 0.2) is 36.4 Å². The van der Waals surface area contributed by atoms with E-state index in [2.05, 4.69) is 79.7 Å². The second-order valence-electron chi connectivity index (χ2n) is 13.3. The second kappa shape index (κ2) is 12.1. The number of nitrogens with zero attached hydrogens (tertiary/aromatic N) is 1. The SMILES string of the molecule is CCC(CC)(c1ccc(CC(C)C(O)(CC)C(C)(C)C)c(C)c1)c1ccc(C(=O)N(C)C(C)(C)C(=O)O)c(C)c1. The Balaban J connectivity index is 2.48. The molecule has 0 aromatic heterocycles. The minimum Gasteiger partial charge on any atom is -0.480 e. The van der Waals surface area contributed by atoms with E-state index in [1.54, 1.807) is 7.05 Å². The highest BCUT2D eigenvalue weighted by molar-refractivity contribution is 5.98. The molecule has 2 aromatic carbocycles. The number of hydrogen-bond acceptors (Lipinski definition) is 3. The molecule has 0 radical (unpaired) electrons. The number of amides is 1. The Morgan fingerprint density at radius 1 is 0.850 bits per heavy atom. The van der Waals surface area contributed by atoms with Gasteiger partial charge in [0.15, 0.2) is 0 Å². The Kier molecular flexibility index (Phi) is 10.1. The molecule has 2 unspecified atom stereocenters. The summed E-state index contributed by atoms with van der Waals surface area (Å²) in [6.45, 7) is 22.2. The Morgan fingerprint density at radius 2 is 1.35 bits per heavy atom. The Morgan fingerprint density at radius 3 is 1.75 bits per heavy atom. The van der Waals surface area contributed by atoms with Crippen molar-refractivity contribution in [3.05, 3.63) is 69.8 Å². The van der Waals surface area contributed by atoms with E-state index < -0.39 is 17.1 Å². The Bertz CT molecular complexity index is 1220. The minimum absolute atomic E-state index is 0.112. The standard InChI is InChI=1S/C35H53NO4/c1-13-34(14-2,28-18-19-29(24(5)21-28)30(37)36(12)33(10,11)31(38)39)27-17-16-26(23(4)20-27)22-25(6)35(40,15-3)32(7,8)9/h16-21,25,40H,13-15,22H2,1-12H3,(H,38,39). The summed E-state index contributed by atoms with van der Waals surface area (Å²) in [6, 6.07) is 12.7. The largest absolute Gasteiger partial charge is 0.480 e. The molecule has 0 aliphatic carbocycles. The van der Waals surface area contributed by atoms with Gasteiger partial charge in [-0.15, -0.1) is 0 Å². The number of carbonyl (C=O) groups excluding carboxylic acids is 1. The molecule has 5 heteroatoms. The van der Waals surface area contributed by atoms with E-state index in [0.717, 1.165) is 30.4 Å². The van der Waals surface area contributed by atoms with Crippen molar-refractivity contribution in [1.29, 1.82) is 0 Å². The molecule has 2 aromatic rings. The molecular formula is C35H53NO4. The van der Waals surface area contributed by atoms with E-state index in [1.807, 2.05) is 19.1 Å². The lowest BCUT2D eigenvalue weighted by Crippen LogP contribution is -2.50. The van der Waals surface area contributed by atoms with Crippen molar-refractivity contribution in [2.75, 3.05) is 7.05 Å². The van der Waals surface area contributed by atoms with E-state index in [9.17, 15) is 19.8 Å². The first-order valence-corrected chi connectivity index (χ1v) is 14.8. The number of carbonyl (C=O) groups is 2. The van der Waals surface area contributed by atoms with Crippen molar-refractivity contribution in [3.63, 3.8) is 0 Å². The fourth-order valence-electron chi connectivity index (χ4n) is 6.35. The van der Waals surface area contributed by atoms with Crippen molar-refractivity contribution in [2.24, 2.45) is 11.3 Å². The fourth-order valence-corrected chi connectivity index (χ4v) is 6.35. The van der Waals surface area contributed by atoms with E-state index in [4.69, 9.17) is 0 Å². The van der Waals surface area contributed by atoms with Crippen LogP contribution in [0.5, 0.6) is 0 Å². The number of benzene rings is 2. The molecule has 222 valence electrons. The van der Waals surface area contributed by atoms with Gasteiger partial charge in [0.2, 0.25) is 0 Å². The molecule has 2 atom stereocenters. The fraction of sp³-hybridized carbons (Fsp3) is 0.600. The summed E-state index contributed by atoms with van der Waals surface area (Å²) in [5.41, 5.74) is 3.75. The van der Waals surface area contributed by atoms with Crippen LogP contribution in [0.4, 0.5) is 0 Å². The van der Waals surface area contributed by atoms with Gasteiger partial charge in [-0.2, -0.15) is 0 Å². The molecule has 0 spiro atoms. The maximum atomic E-state index is 13.3. The van der Waals surface area contributed by atoms with Crippen LogP contribution in [-0.2, 0) is 16.6 Å². The highest BCUT2D eigenvalue weighted by atomic mass is 16.4. The molecule has 0 aliphatic heterocycles. The van der Waals surface area contributed by atoms with Gasteiger partial charge in [-0.3, -0.25) is 4.79 Å². The maximum absolute atomic E-state index is 13.3. The third-order valence-electron chi connectivity index (χ3n) is 9.96. The topological polar surface area (TPSA) is 77.8 Å². The number of likely N-dealkylation sites (N-methyl/N-ethyl adjacent to an activating group) is 1. The number of aryl methyl sites for hydroxylation is 2. The average molecular weight is 552 g/mol. The quantitative estimate of drug-likeness (QED) is 0.300. The van der Waals surface area contributed by atoms with E-state index in [-0.39, 0.29) is 22.7 Å². The molecular weight excluding hydrogens is 498 g/mol. The van der Waals surface area contributed by atoms with Crippen LogP contribution in [0.25, 0.3) is 0 Å². The molecule has 2 rings (SSSR count). The predicted molar refractivity (Wildman–Crippen MR) is 165 cm³/mol. The van der Waals surface area contributed by atoms with Gasteiger partial charge in [0.1, 0.15) is 5.54 Å². The first kappa shape index (κ1) is 33.5. The lowest BCUT2D eigenvalue weighted by Gasteiger charge is -2.44. The minimum atomic E-state index is -1.31. The molecule has 2 N–H and O–H groups in total. The van der Waals surface area contributed by atoms with E-state index in [0.29, 0.717) is 12.0 Å². The summed E-state index contributed by atoms with van der Waals surface area (Å²) in [4.78, 5) is 26.3. The number of carboxylic acids is 1. The normalized spacial score (nSPS) is 14.9. The second-order valence-corrected chi connectivity index (χ2v) is 13.3. The third-order valence-corrected chi connectivity index (χ3v) is 9.96. The lowest BCUT2D eigenvalue weighted by atomic mass is 9.66. The number of aliphatic carboxylic acids is 1. The number of rotatable bonds is 11. The van der Waals surface area contributed by atoms with Crippen LogP contribution >= 0.6 is 0 Å². The predicted octanol–water partition coefficient (Wildman–Crippen LogP) is 7.71. The summed E-state index contributed by atoms with van der Waals surface area (Å²) >= 11 is 0. The van der Waals surface area contributed by atoms with E-state index >= 15 is 0 Å². The van der Waals surface area contributed by atoms with Crippen LogP contribution < -0.4 is 0 Å². The number of carboxylic acid groups (broad SMARTS) is 1. The summed E-state index contributed by atoms with van der Waals surface area (Å²) in [5, 5.41) is 21.1. The Labute approximate surface area is 243 Å². The van der Waals surface area contributed by atoms with Gasteiger partial charge in [-0.25, -0.2) is 4.79 Å². The molecule has 5 nitrogen and oxygen atoms in total. The third kappa shape index (κ3) is 6.00. The van der Waals surface area contributed by atoms with Crippen molar-refractivity contribution >= 4 is 11.9 Å². The van der Waals surface area contributed by atoms with E-state index in [1.165, 1.54) is 35.4 Å². The molecule has 0 saturated carbocycles. The number of aliphatic hydroxyl groups is 1. The number of hydrogen-bond donors (Lipinski definition) is 2. The van der Waals surface area contributed by atoms with Gasteiger partial charge in [0.25, 0.3) is 5.91 Å². The zero-order valence-corrected chi connectivity index (χ0v) is 27.0.